The van der Waals surface area contributed by atoms with Gasteiger partial charge in [-0.3, -0.25) is 14.9 Å². The first kappa shape index (κ1) is 16.2. The number of para-hydroxylation sites is 2. The zero-order valence-electron chi connectivity index (χ0n) is 12.4. The van der Waals surface area contributed by atoms with Crippen LogP contribution in [0.15, 0.2) is 36.4 Å². The zero-order valence-corrected chi connectivity index (χ0v) is 12.4. The lowest BCUT2D eigenvalue weighted by Gasteiger charge is -2.13. The van der Waals surface area contributed by atoms with Crippen LogP contribution in [0.2, 0.25) is 0 Å². The van der Waals surface area contributed by atoms with Crippen LogP contribution in [-0.2, 0) is 4.79 Å². The third-order valence-electron chi connectivity index (χ3n) is 2.97. The molecule has 1 amide bonds. The molecule has 0 atom stereocenters. The van der Waals surface area contributed by atoms with E-state index in [-0.39, 0.29) is 11.4 Å². The van der Waals surface area contributed by atoms with Crippen molar-refractivity contribution in [1.29, 1.82) is 0 Å². The second kappa shape index (κ2) is 6.73. The molecule has 8 heteroatoms. The zero-order chi connectivity index (χ0) is 17.0. The summed E-state index contributed by atoms with van der Waals surface area (Å²) in [6.07, 6.45) is 0. The van der Waals surface area contributed by atoms with E-state index in [1.54, 1.807) is 24.3 Å². The van der Waals surface area contributed by atoms with Crippen molar-refractivity contribution in [3.8, 4) is 5.75 Å². The third kappa shape index (κ3) is 3.73. The van der Waals surface area contributed by atoms with E-state index in [0.717, 1.165) is 6.07 Å². The first-order valence-electron chi connectivity index (χ1n) is 6.58. The number of hydrogen-bond donors (Lipinski definition) is 2. The van der Waals surface area contributed by atoms with E-state index >= 15 is 0 Å². The van der Waals surface area contributed by atoms with Crippen LogP contribution in [-0.4, -0.2) is 17.9 Å². The van der Waals surface area contributed by atoms with Crippen molar-refractivity contribution < 1.29 is 18.8 Å². The number of amides is 1. The van der Waals surface area contributed by atoms with Gasteiger partial charge in [0.2, 0.25) is 5.91 Å². The molecule has 2 N–H and O–H groups in total. The van der Waals surface area contributed by atoms with Gasteiger partial charge in [-0.05, 0) is 18.2 Å². The predicted molar refractivity (Wildman–Crippen MR) is 83.6 cm³/mol. The van der Waals surface area contributed by atoms with E-state index < -0.39 is 22.3 Å². The number of nitro groups is 1. The minimum Gasteiger partial charge on any atom is -0.495 e. The molecule has 2 aromatic rings. The lowest BCUT2D eigenvalue weighted by molar-refractivity contribution is -0.384. The van der Waals surface area contributed by atoms with Gasteiger partial charge in [-0.15, -0.1) is 0 Å². The molecule has 23 heavy (non-hydrogen) atoms. The molecule has 2 rings (SSSR count). The van der Waals surface area contributed by atoms with Crippen molar-refractivity contribution in [2.24, 2.45) is 0 Å². The number of rotatable bonds is 5. The SMILES string of the molecule is COc1ccccc1Nc1cc(NC(C)=O)c(F)cc1[N+](=O)[O-]. The van der Waals surface area contributed by atoms with Crippen LogP contribution in [0.4, 0.5) is 27.1 Å². The number of halogens is 1. The van der Waals surface area contributed by atoms with E-state index in [1.165, 1.54) is 20.1 Å². The van der Waals surface area contributed by atoms with Gasteiger partial charge < -0.3 is 15.4 Å². The van der Waals surface area contributed by atoms with Crippen molar-refractivity contribution in [2.45, 2.75) is 6.92 Å². The van der Waals surface area contributed by atoms with Gasteiger partial charge in [-0.1, -0.05) is 12.1 Å². The normalized spacial score (nSPS) is 10.0. The van der Waals surface area contributed by atoms with E-state index in [4.69, 9.17) is 4.74 Å². The van der Waals surface area contributed by atoms with Gasteiger partial charge >= 0.3 is 0 Å². The maximum Gasteiger partial charge on any atom is 0.295 e. The summed E-state index contributed by atoms with van der Waals surface area (Å²) in [5, 5.41) is 16.2. The summed E-state index contributed by atoms with van der Waals surface area (Å²) < 4.78 is 19.0. The van der Waals surface area contributed by atoms with E-state index in [1.807, 2.05) is 0 Å². The highest BCUT2D eigenvalue weighted by molar-refractivity contribution is 5.90. The van der Waals surface area contributed by atoms with Gasteiger partial charge in [0.1, 0.15) is 11.4 Å². The largest absolute Gasteiger partial charge is 0.495 e. The summed E-state index contributed by atoms with van der Waals surface area (Å²) in [4.78, 5) is 21.5. The van der Waals surface area contributed by atoms with Gasteiger partial charge in [0.15, 0.2) is 5.82 Å². The Morgan fingerprint density at radius 1 is 1.22 bits per heavy atom. The van der Waals surface area contributed by atoms with Crippen LogP contribution in [0.5, 0.6) is 5.75 Å². The molecule has 0 unspecified atom stereocenters. The molecule has 0 bridgehead atoms. The number of carbonyl (C=O) groups is 1. The minimum absolute atomic E-state index is 0.0321. The van der Waals surface area contributed by atoms with Crippen molar-refractivity contribution in [2.75, 3.05) is 17.7 Å². The standard InChI is InChI=1S/C15H14FN3O4/c1-9(20)17-12-8-13(14(19(21)22)7-10(12)16)18-11-5-3-4-6-15(11)23-2/h3-8,18H,1-2H3,(H,17,20). The Balaban J connectivity index is 2.50. The summed E-state index contributed by atoms with van der Waals surface area (Å²) in [6, 6.07) is 8.71. The molecule has 0 aliphatic heterocycles. The molecule has 0 saturated carbocycles. The van der Waals surface area contributed by atoms with Crippen molar-refractivity contribution in [3.05, 3.63) is 52.3 Å². The van der Waals surface area contributed by atoms with E-state index in [2.05, 4.69) is 10.6 Å². The fourth-order valence-electron chi connectivity index (χ4n) is 1.99. The van der Waals surface area contributed by atoms with Crippen LogP contribution >= 0.6 is 0 Å². The molecule has 0 aromatic heterocycles. The molecule has 120 valence electrons. The number of carbonyl (C=O) groups excluding carboxylic acids is 1. The van der Waals surface area contributed by atoms with Gasteiger partial charge in [-0.2, -0.15) is 0 Å². The number of ether oxygens (including phenoxy) is 1. The van der Waals surface area contributed by atoms with Crippen LogP contribution in [0.25, 0.3) is 0 Å². The molecule has 7 nitrogen and oxygen atoms in total. The van der Waals surface area contributed by atoms with Crippen LogP contribution in [0, 0.1) is 15.9 Å². The smallest absolute Gasteiger partial charge is 0.295 e. The average molecular weight is 319 g/mol. The Bertz CT molecular complexity index is 764. The molecular weight excluding hydrogens is 305 g/mol. The number of benzene rings is 2. The van der Waals surface area contributed by atoms with Crippen molar-refractivity contribution in [3.63, 3.8) is 0 Å². The predicted octanol–water partition coefficient (Wildman–Crippen LogP) is 3.44. The Labute approximate surface area is 131 Å². The first-order chi connectivity index (χ1) is 10.9. The summed E-state index contributed by atoms with van der Waals surface area (Å²) in [6.45, 7) is 1.22. The number of nitrogens with one attached hydrogen (secondary N) is 2. The monoisotopic (exact) mass is 319 g/mol. The van der Waals surface area contributed by atoms with Crippen LogP contribution < -0.4 is 15.4 Å². The number of anilines is 3. The molecule has 0 aliphatic rings. The lowest BCUT2D eigenvalue weighted by atomic mass is 10.2. The lowest BCUT2D eigenvalue weighted by Crippen LogP contribution is -2.09. The van der Waals surface area contributed by atoms with E-state index in [0.29, 0.717) is 11.4 Å². The molecule has 0 spiro atoms. The highest BCUT2D eigenvalue weighted by Gasteiger charge is 2.20. The second-order valence-electron chi connectivity index (χ2n) is 4.61. The Morgan fingerprint density at radius 3 is 2.52 bits per heavy atom. The molecule has 0 saturated heterocycles. The third-order valence-corrected chi connectivity index (χ3v) is 2.97. The topological polar surface area (TPSA) is 93.5 Å². The summed E-state index contributed by atoms with van der Waals surface area (Å²) in [5.74, 6) is -0.911. The molecule has 0 aliphatic carbocycles. The van der Waals surface area contributed by atoms with Gasteiger partial charge in [-0.25, -0.2) is 4.39 Å². The van der Waals surface area contributed by atoms with Crippen LogP contribution in [0.3, 0.4) is 0 Å². The summed E-state index contributed by atoms with van der Waals surface area (Å²) in [5.41, 5.74) is -0.105. The quantitative estimate of drug-likeness (QED) is 0.650. The summed E-state index contributed by atoms with van der Waals surface area (Å²) >= 11 is 0. The Morgan fingerprint density at radius 2 is 1.91 bits per heavy atom. The van der Waals surface area contributed by atoms with Crippen molar-refractivity contribution >= 4 is 28.7 Å². The number of nitrogens with zero attached hydrogens (tertiary/aromatic N) is 1. The number of hydrogen-bond acceptors (Lipinski definition) is 5. The molecule has 2 aromatic carbocycles. The highest BCUT2D eigenvalue weighted by Crippen LogP contribution is 2.35. The Kier molecular flexibility index (Phi) is 4.75. The molecular formula is C15H14FN3O4. The fraction of sp³-hybridized carbons (Fsp3) is 0.133. The highest BCUT2D eigenvalue weighted by atomic mass is 19.1. The molecule has 0 fully saturated rings. The van der Waals surface area contributed by atoms with E-state index in [9.17, 15) is 19.3 Å². The fourth-order valence-corrected chi connectivity index (χ4v) is 1.99. The average Bonchev–Trinajstić information content (AvgIpc) is 2.50. The number of methoxy groups -OCH3 is 1. The van der Waals surface area contributed by atoms with Gasteiger partial charge in [0.25, 0.3) is 5.69 Å². The molecule has 0 radical (unpaired) electrons. The maximum atomic E-state index is 13.9. The number of nitro benzene ring substituents is 1. The Hall–Kier alpha value is -3.16. The first-order valence-corrected chi connectivity index (χ1v) is 6.58. The molecule has 0 heterocycles. The second-order valence-corrected chi connectivity index (χ2v) is 4.61. The van der Waals surface area contributed by atoms with Crippen LogP contribution in [0.1, 0.15) is 6.92 Å². The maximum absolute atomic E-state index is 13.9. The van der Waals surface area contributed by atoms with Gasteiger partial charge in [0, 0.05) is 6.92 Å². The van der Waals surface area contributed by atoms with Gasteiger partial charge in [0.05, 0.1) is 29.5 Å². The van der Waals surface area contributed by atoms with Crippen molar-refractivity contribution in [1.82, 2.24) is 0 Å². The summed E-state index contributed by atoms with van der Waals surface area (Å²) in [7, 11) is 1.46. The minimum atomic E-state index is -0.891.